The van der Waals surface area contributed by atoms with E-state index >= 15 is 0 Å². The lowest BCUT2D eigenvalue weighted by molar-refractivity contribution is -0.119. The van der Waals surface area contributed by atoms with E-state index in [1.807, 2.05) is 30.3 Å². The Hall–Kier alpha value is -1.82. The van der Waals surface area contributed by atoms with Gasteiger partial charge in [0.05, 0.1) is 12.2 Å². The average molecular weight is 343 g/mol. The SMILES string of the molecule is O=C(CSc1nnc(Cc2ccccc2)o1)N[C@H]1C[C@@H]2CC[C@@H]1C2. The van der Waals surface area contributed by atoms with Crippen molar-refractivity contribution in [2.45, 2.75) is 43.4 Å². The molecular formula is C18H21N3O2S. The van der Waals surface area contributed by atoms with Crippen molar-refractivity contribution in [3.8, 4) is 0 Å². The Morgan fingerprint density at radius 3 is 2.83 bits per heavy atom. The van der Waals surface area contributed by atoms with E-state index in [0.717, 1.165) is 17.9 Å². The predicted molar refractivity (Wildman–Crippen MR) is 91.6 cm³/mol. The molecule has 2 fully saturated rings. The molecule has 2 aromatic rings. The summed E-state index contributed by atoms with van der Waals surface area (Å²) in [6.07, 6.45) is 5.69. The first-order valence-corrected chi connectivity index (χ1v) is 9.53. The van der Waals surface area contributed by atoms with Crippen molar-refractivity contribution in [1.82, 2.24) is 15.5 Å². The summed E-state index contributed by atoms with van der Waals surface area (Å²) in [6.45, 7) is 0. The van der Waals surface area contributed by atoms with Gasteiger partial charge in [-0.2, -0.15) is 0 Å². The number of hydrogen-bond acceptors (Lipinski definition) is 5. The summed E-state index contributed by atoms with van der Waals surface area (Å²) in [4.78, 5) is 12.1. The molecule has 6 heteroatoms. The van der Waals surface area contributed by atoms with Crippen LogP contribution in [-0.4, -0.2) is 27.9 Å². The van der Waals surface area contributed by atoms with Gasteiger partial charge in [0, 0.05) is 6.04 Å². The minimum atomic E-state index is 0.0698. The summed E-state index contributed by atoms with van der Waals surface area (Å²) in [5.41, 5.74) is 1.13. The molecule has 1 N–H and O–H groups in total. The van der Waals surface area contributed by atoms with E-state index in [-0.39, 0.29) is 5.91 Å². The summed E-state index contributed by atoms with van der Waals surface area (Å²) < 4.78 is 5.62. The van der Waals surface area contributed by atoms with E-state index in [4.69, 9.17) is 4.42 Å². The van der Waals surface area contributed by atoms with Gasteiger partial charge in [-0.05, 0) is 36.7 Å². The van der Waals surface area contributed by atoms with Gasteiger partial charge < -0.3 is 9.73 Å². The lowest BCUT2D eigenvalue weighted by Crippen LogP contribution is -2.39. The van der Waals surface area contributed by atoms with E-state index in [0.29, 0.717) is 35.2 Å². The van der Waals surface area contributed by atoms with Gasteiger partial charge in [0.15, 0.2) is 0 Å². The van der Waals surface area contributed by atoms with E-state index in [1.165, 1.54) is 31.0 Å². The second-order valence-electron chi connectivity index (χ2n) is 6.76. The lowest BCUT2D eigenvalue weighted by atomic mass is 9.95. The van der Waals surface area contributed by atoms with Gasteiger partial charge in [0.25, 0.3) is 5.22 Å². The smallest absolute Gasteiger partial charge is 0.277 e. The third-order valence-electron chi connectivity index (χ3n) is 5.06. The molecule has 4 rings (SSSR count). The third-order valence-corrected chi connectivity index (χ3v) is 5.88. The molecule has 2 aliphatic rings. The molecule has 1 heterocycles. The molecule has 0 radical (unpaired) electrons. The van der Waals surface area contributed by atoms with Crippen molar-refractivity contribution in [2.24, 2.45) is 11.8 Å². The molecule has 1 aromatic heterocycles. The van der Waals surface area contributed by atoms with Crippen LogP contribution < -0.4 is 5.32 Å². The average Bonchev–Trinajstić information content (AvgIpc) is 3.31. The molecule has 0 unspecified atom stereocenters. The number of rotatable bonds is 6. The summed E-state index contributed by atoms with van der Waals surface area (Å²) >= 11 is 1.31. The summed E-state index contributed by atoms with van der Waals surface area (Å²) in [5.74, 6) is 2.52. The topological polar surface area (TPSA) is 68.0 Å². The molecule has 0 saturated heterocycles. The quantitative estimate of drug-likeness (QED) is 0.817. The highest BCUT2D eigenvalue weighted by Crippen LogP contribution is 2.44. The number of carbonyl (C=O) groups excluding carboxylic acids is 1. The molecule has 0 aliphatic heterocycles. The second kappa shape index (κ2) is 6.97. The number of aromatic nitrogens is 2. The van der Waals surface area contributed by atoms with Gasteiger partial charge in [-0.15, -0.1) is 10.2 Å². The highest BCUT2D eigenvalue weighted by atomic mass is 32.2. The van der Waals surface area contributed by atoms with E-state index in [1.54, 1.807) is 0 Å². The van der Waals surface area contributed by atoms with Crippen LogP contribution in [-0.2, 0) is 11.2 Å². The lowest BCUT2D eigenvalue weighted by Gasteiger charge is -2.22. The van der Waals surface area contributed by atoms with E-state index in [2.05, 4.69) is 15.5 Å². The normalized spacial score (nSPS) is 25.1. The molecule has 3 atom stereocenters. The zero-order valence-corrected chi connectivity index (χ0v) is 14.3. The van der Waals surface area contributed by atoms with Gasteiger partial charge in [-0.3, -0.25) is 4.79 Å². The molecule has 24 heavy (non-hydrogen) atoms. The van der Waals surface area contributed by atoms with E-state index in [9.17, 15) is 4.79 Å². The van der Waals surface area contributed by atoms with Crippen LogP contribution in [0.1, 0.15) is 37.1 Å². The molecule has 1 amide bonds. The molecule has 2 saturated carbocycles. The van der Waals surface area contributed by atoms with Crippen molar-refractivity contribution < 1.29 is 9.21 Å². The van der Waals surface area contributed by atoms with Crippen LogP contribution in [0.5, 0.6) is 0 Å². The standard InChI is InChI=1S/C18H21N3O2S/c22-16(19-15-9-13-6-7-14(15)8-13)11-24-18-21-20-17(23-18)10-12-4-2-1-3-5-12/h1-5,13-15H,6-11H2,(H,19,22)/t13-,14-,15+/m1/s1. The molecule has 2 bridgehead atoms. The highest BCUT2D eigenvalue weighted by Gasteiger charge is 2.40. The van der Waals surface area contributed by atoms with Crippen molar-refractivity contribution >= 4 is 17.7 Å². The first-order valence-electron chi connectivity index (χ1n) is 8.55. The summed E-state index contributed by atoms with van der Waals surface area (Å²) in [7, 11) is 0. The number of hydrogen-bond donors (Lipinski definition) is 1. The Morgan fingerprint density at radius 2 is 2.08 bits per heavy atom. The maximum atomic E-state index is 12.1. The molecular weight excluding hydrogens is 322 g/mol. The van der Waals surface area contributed by atoms with E-state index < -0.39 is 0 Å². The van der Waals surface area contributed by atoms with Gasteiger partial charge in [0.2, 0.25) is 11.8 Å². The van der Waals surface area contributed by atoms with Gasteiger partial charge in [0.1, 0.15) is 0 Å². The Bertz CT molecular complexity index is 703. The number of benzene rings is 1. The molecule has 0 spiro atoms. The molecule has 2 aliphatic carbocycles. The third kappa shape index (κ3) is 3.64. The number of thioether (sulfide) groups is 1. The summed E-state index contributed by atoms with van der Waals surface area (Å²) in [5, 5.41) is 11.7. The zero-order valence-electron chi connectivity index (χ0n) is 13.5. The minimum Gasteiger partial charge on any atom is -0.416 e. The predicted octanol–water partition coefficient (Wildman–Crippen LogP) is 3.06. The van der Waals surface area contributed by atoms with Crippen LogP contribution in [0.25, 0.3) is 0 Å². The fourth-order valence-corrected chi connectivity index (χ4v) is 4.53. The van der Waals surface area contributed by atoms with Crippen molar-refractivity contribution in [1.29, 1.82) is 0 Å². The Labute approximate surface area is 145 Å². The maximum absolute atomic E-state index is 12.1. The number of fused-ring (bicyclic) bond motifs is 2. The number of nitrogens with zero attached hydrogens (tertiary/aromatic N) is 2. The Balaban J connectivity index is 1.25. The van der Waals surface area contributed by atoms with Crippen molar-refractivity contribution in [3.05, 3.63) is 41.8 Å². The highest BCUT2D eigenvalue weighted by molar-refractivity contribution is 7.99. The van der Waals surface area contributed by atoms with Crippen LogP contribution in [0.4, 0.5) is 0 Å². The van der Waals surface area contributed by atoms with Gasteiger partial charge in [-0.1, -0.05) is 48.5 Å². The second-order valence-corrected chi connectivity index (χ2v) is 7.69. The van der Waals surface area contributed by atoms with Gasteiger partial charge in [-0.25, -0.2) is 0 Å². The zero-order chi connectivity index (χ0) is 16.4. The molecule has 1 aromatic carbocycles. The van der Waals surface area contributed by atoms with Crippen LogP contribution >= 0.6 is 11.8 Å². The Kier molecular flexibility index (Phi) is 4.56. The molecule has 126 valence electrons. The van der Waals surface area contributed by atoms with Crippen LogP contribution in [0.2, 0.25) is 0 Å². The van der Waals surface area contributed by atoms with Crippen LogP contribution in [0.15, 0.2) is 40.0 Å². The fraction of sp³-hybridized carbons (Fsp3) is 0.500. The first-order chi connectivity index (χ1) is 11.8. The first kappa shape index (κ1) is 15.7. The van der Waals surface area contributed by atoms with Crippen LogP contribution in [0, 0.1) is 11.8 Å². The fourth-order valence-electron chi connectivity index (χ4n) is 3.94. The number of nitrogens with one attached hydrogen (secondary N) is 1. The minimum absolute atomic E-state index is 0.0698. The number of carbonyl (C=O) groups is 1. The van der Waals surface area contributed by atoms with Crippen LogP contribution in [0.3, 0.4) is 0 Å². The summed E-state index contributed by atoms with van der Waals surface area (Å²) in [6, 6.07) is 10.4. The van der Waals surface area contributed by atoms with Crippen molar-refractivity contribution in [2.75, 3.05) is 5.75 Å². The maximum Gasteiger partial charge on any atom is 0.277 e. The van der Waals surface area contributed by atoms with Gasteiger partial charge >= 0.3 is 0 Å². The monoisotopic (exact) mass is 343 g/mol. The molecule has 5 nitrogen and oxygen atoms in total. The van der Waals surface area contributed by atoms with Crippen molar-refractivity contribution in [3.63, 3.8) is 0 Å². The largest absolute Gasteiger partial charge is 0.416 e. The Morgan fingerprint density at radius 1 is 1.21 bits per heavy atom. The number of amides is 1.